The molecule has 0 saturated carbocycles. The molecule has 12 heavy (non-hydrogen) atoms. The van der Waals surface area contributed by atoms with Gasteiger partial charge in [-0.2, -0.15) is 0 Å². The highest BCUT2D eigenvalue weighted by atomic mass is 16.5. The number of hydrogen-bond acceptors (Lipinski definition) is 4. The molecule has 74 valence electrons. The third-order valence-corrected chi connectivity index (χ3v) is 1.72. The van der Waals surface area contributed by atoms with Crippen molar-refractivity contribution in [2.75, 3.05) is 27.4 Å². The number of hydrogen-bond donors (Lipinski definition) is 2. The zero-order valence-electron chi connectivity index (χ0n) is 7.69. The molecule has 0 heterocycles. The minimum absolute atomic E-state index is 0.0351. The summed E-state index contributed by atoms with van der Waals surface area (Å²) in [5, 5.41) is 17.7. The van der Waals surface area contributed by atoms with Crippen LogP contribution in [-0.4, -0.2) is 49.9 Å². The second-order valence-electron chi connectivity index (χ2n) is 2.71. The summed E-state index contributed by atoms with van der Waals surface area (Å²) >= 11 is 0. The van der Waals surface area contributed by atoms with E-state index in [1.165, 1.54) is 0 Å². The Bertz CT molecular complexity index is 97.1. The van der Waals surface area contributed by atoms with E-state index in [1.807, 2.05) is 0 Å². The number of aliphatic hydroxyl groups is 2. The summed E-state index contributed by atoms with van der Waals surface area (Å²) < 4.78 is 9.94. The maximum atomic E-state index is 9.09. The van der Waals surface area contributed by atoms with Crippen LogP contribution in [0.15, 0.2) is 0 Å². The molecule has 0 aliphatic carbocycles. The molecule has 0 aliphatic heterocycles. The van der Waals surface area contributed by atoms with Crippen molar-refractivity contribution in [1.82, 2.24) is 0 Å². The maximum absolute atomic E-state index is 9.09. The Morgan fingerprint density at radius 3 is 2.42 bits per heavy atom. The van der Waals surface area contributed by atoms with E-state index >= 15 is 0 Å². The third-order valence-electron chi connectivity index (χ3n) is 1.72. The van der Waals surface area contributed by atoms with Gasteiger partial charge in [0, 0.05) is 27.2 Å². The van der Waals surface area contributed by atoms with Gasteiger partial charge in [0.05, 0.1) is 18.8 Å². The molecule has 0 spiro atoms. The Balaban J connectivity index is 3.51. The predicted octanol–water partition coefficient (Wildman–Crippen LogP) is -0.219. The fourth-order valence-electron chi connectivity index (χ4n) is 0.959. The Morgan fingerprint density at radius 2 is 2.00 bits per heavy atom. The van der Waals surface area contributed by atoms with Crippen LogP contribution in [0.1, 0.15) is 12.8 Å². The van der Waals surface area contributed by atoms with E-state index < -0.39 is 6.10 Å². The summed E-state index contributed by atoms with van der Waals surface area (Å²) in [6.45, 7) is 0.392. The van der Waals surface area contributed by atoms with Gasteiger partial charge in [0.25, 0.3) is 0 Å². The molecule has 0 saturated heterocycles. The van der Waals surface area contributed by atoms with Crippen LogP contribution in [0, 0.1) is 0 Å². The molecule has 0 aromatic carbocycles. The van der Waals surface area contributed by atoms with E-state index in [4.69, 9.17) is 19.7 Å². The molecule has 0 aromatic heterocycles. The average Bonchev–Trinajstić information content (AvgIpc) is 2.11. The lowest BCUT2D eigenvalue weighted by Gasteiger charge is -2.17. The van der Waals surface area contributed by atoms with E-state index in [1.54, 1.807) is 14.2 Å². The topological polar surface area (TPSA) is 58.9 Å². The molecule has 0 fully saturated rings. The monoisotopic (exact) mass is 178 g/mol. The second-order valence-corrected chi connectivity index (χ2v) is 2.71. The van der Waals surface area contributed by atoms with Gasteiger partial charge in [-0.05, 0) is 6.42 Å². The first-order valence-corrected chi connectivity index (χ1v) is 4.05. The molecular weight excluding hydrogens is 160 g/mol. The fraction of sp³-hybridized carbons (Fsp3) is 1.00. The van der Waals surface area contributed by atoms with Crippen LogP contribution < -0.4 is 0 Å². The molecule has 0 aliphatic rings. The van der Waals surface area contributed by atoms with Crippen LogP contribution in [0.4, 0.5) is 0 Å². The third kappa shape index (κ3) is 5.49. The molecule has 0 bridgehead atoms. The number of rotatable bonds is 7. The summed E-state index contributed by atoms with van der Waals surface area (Å²) in [7, 11) is 3.21. The van der Waals surface area contributed by atoms with Crippen molar-refractivity contribution in [3.05, 3.63) is 0 Å². The quantitative estimate of drug-likeness (QED) is 0.566. The molecular formula is C8H18O4. The van der Waals surface area contributed by atoms with Crippen molar-refractivity contribution in [3.63, 3.8) is 0 Å². The first-order valence-electron chi connectivity index (χ1n) is 4.05. The Labute approximate surface area is 73.1 Å². The van der Waals surface area contributed by atoms with Crippen LogP contribution in [0.3, 0.4) is 0 Å². The van der Waals surface area contributed by atoms with Crippen molar-refractivity contribution < 1.29 is 19.7 Å². The lowest BCUT2D eigenvalue weighted by molar-refractivity contribution is 0.00647. The number of methoxy groups -OCH3 is 2. The molecule has 2 atom stereocenters. The highest BCUT2D eigenvalue weighted by Gasteiger charge is 2.12. The summed E-state index contributed by atoms with van der Waals surface area (Å²) in [5.41, 5.74) is 0. The Hall–Kier alpha value is -0.160. The van der Waals surface area contributed by atoms with E-state index in [-0.39, 0.29) is 12.7 Å². The first-order chi connectivity index (χ1) is 5.74. The summed E-state index contributed by atoms with van der Waals surface area (Å²) in [6.07, 6.45) is 0.472. The summed E-state index contributed by atoms with van der Waals surface area (Å²) in [6, 6.07) is 0. The van der Waals surface area contributed by atoms with Crippen molar-refractivity contribution in [2.45, 2.75) is 25.0 Å². The highest BCUT2D eigenvalue weighted by molar-refractivity contribution is 4.63. The van der Waals surface area contributed by atoms with E-state index in [0.29, 0.717) is 13.0 Å². The Kier molecular flexibility index (Phi) is 7.39. The maximum Gasteiger partial charge on any atom is 0.0795 e. The highest BCUT2D eigenvalue weighted by Crippen LogP contribution is 2.06. The van der Waals surface area contributed by atoms with Gasteiger partial charge in [0.1, 0.15) is 0 Å². The van der Waals surface area contributed by atoms with Gasteiger partial charge in [-0.25, -0.2) is 0 Å². The lowest BCUT2D eigenvalue weighted by Crippen LogP contribution is -2.23. The zero-order chi connectivity index (χ0) is 9.40. The largest absolute Gasteiger partial charge is 0.394 e. The van der Waals surface area contributed by atoms with Gasteiger partial charge >= 0.3 is 0 Å². The van der Waals surface area contributed by atoms with Crippen molar-refractivity contribution in [3.8, 4) is 0 Å². The van der Waals surface area contributed by atoms with Gasteiger partial charge in [0.15, 0.2) is 0 Å². The number of aliphatic hydroxyl groups excluding tert-OH is 2. The van der Waals surface area contributed by atoms with Crippen molar-refractivity contribution in [1.29, 1.82) is 0 Å². The van der Waals surface area contributed by atoms with Gasteiger partial charge in [0.2, 0.25) is 0 Å². The molecule has 2 unspecified atom stereocenters. The lowest BCUT2D eigenvalue weighted by atomic mass is 10.1. The molecule has 2 N–H and O–H groups in total. The standard InChI is InChI=1S/C8H18O4/c1-11-4-3-8(12-2)5-7(10)6-9/h7-10H,3-6H2,1-2H3. The second kappa shape index (κ2) is 7.49. The SMILES string of the molecule is COCCC(CC(O)CO)OC. The summed E-state index contributed by atoms with van der Waals surface area (Å²) in [4.78, 5) is 0. The van der Waals surface area contributed by atoms with E-state index in [2.05, 4.69) is 0 Å². The van der Waals surface area contributed by atoms with Crippen LogP contribution in [0.2, 0.25) is 0 Å². The molecule has 0 amide bonds. The first kappa shape index (κ1) is 11.8. The van der Waals surface area contributed by atoms with E-state index in [9.17, 15) is 0 Å². The van der Waals surface area contributed by atoms with Gasteiger partial charge < -0.3 is 19.7 Å². The van der Waals surface area contributed by atoms with Gasteiger partial charge in [-0.1, -0.05) is 0 Å². The van der Waals surface area contributed by atoms with Crippen molar-refractivity contribution >= 4 is 0 Å². The normalized spacial score (nSPS) is 16.0. The minimum atomic E-state index is -0.688. The smallest absolute Gasteiger partial charge is 0.0795 e. The van der Waals surface area contributed by atoms with Gasteiger partial charge in [-0.15, -0.1) is 0 Å². The zero-order valence-corrected chi connectivity index (χ0v) is 7.69. The van der Waals surface area contributed by atoms with E-state index in [0.717, 1.165) is 6.42 Å². The molecule has 0 radical (unpaired) electrons. The van der Waals surface area contributed by atoms with Crippen LogP contribution in [-0.2, 0) is 9.47 Å². The van der Waals surface area contributed by atoms with Crippen LogP contribution >= 0.6 is 0 Å². The molecule has 4 heteroatoms. The predicted molar refractivity (Wildman–Crippen MR) is 45.0 cm³/mol. The summed E-state index contributed by atoms with van der Waals surface area (Å²) in [5.74, 6) is 0. The Morgan fingerprint density at radius 1 is 1.33 bits per heavy atom. The van der Waals surface area contributed by atoms with Crippen LogP contribution in [0.25, 0.3) is 0 Å². The molecule has 0 aromatic rings. The molecule has 0 rings (SSSR count). The minimum Gasteiger partial charge on any atom is -0.394 e. The number of ether oxygens (including phenoxy) is 2. The molecule has 4 nitrogen and oxygen atoms in total. The average molecular weight is 178 g/mol. The van der Waals surface area contributed by atoms with Crippen molar-refractivity contribution in [2.24, 2.45) is 0 Å². The van der Waals surface area contributed by atoms with Gasteiger partial charge in [-0.3, -0.25) is 0 Å². The fourth-order valence-corrected chi connectivity index (χ4v) is 0.959. The van der Waals surface area contributed by atoms with Crippen LogP contribution in [0.5, 0.6) is 0 Å².